The fraction of sp³-hybridized carbons (Fsp3) is 0.235. The van der Waals surface area contributed by atoms with E-state index < -0.39 is 7.12 Å². The zero-order valence-electron chi connectivity index (χ0n) is 13.2. The van der Waals surface area contributed by atoms with Crippen LogP contribution in [0.2, 0.25) is 0 Å². The Balaban J connectivity index is 0.000000435. The molecule has 0 bridgehead atoms. The molecule has 2 aromatic rings. The van der Waals surface area contributed by atoms with Gasteiger partial charge in [0.2, 0.25) is 0 Å². The summed E-state index contributed by atoms with van der Waals surface area (Å²) < 4.78 is 5.16. The monoisotopic (exact) mass is 296 g/mol. The quantitative estimate of drug-likeness (QED) is 0.835. The third-order valence-corrected chi connectivity index (χ3v) is 2.87. The molecule has 5 heteroatoms. The molecule has 0 fully saturated rings. The predicted octanol–water partition coefficient (Wildman–Crippen LogP) is 3.20. The second-order valence-electron chi connectivity index (χ2n) is 4.29. The molecule has 22 heavy (non-hydrogen) atoms. The molecule has 0 spiro atoms. The molecule has 2 N–H and O–H groups in total. The Morgan fingerprint density at radius 3 is 2.41 bits per heavy atom. The van der Waals surface area contributed by atoms with Crippen molar-refractivity contribution in [3.63, 3.8) is 0 Å². The molecule has 0 radical (unpaired) electrons. The zero-order chi connectivity index (χ0) is 16.4. The van der Waals surface area contributed by atoms with Gasteiger partial charge in [0.05, 0.1) is 12.7 Å². The van der Waals surface area contributed by atoms with Gasteiger partial charge in [0.15, 0.2) is 0 Å². The van der Waals surface area contributed by atoms with Gasteiger partial charge in [0, 0.05) is 18.3 Å². The van der Waals surface area contributed by atoms with Crippen molar-refractivity contribution in [3.05, 3.63) is 54.1 Å². The lowest BCUT2D eigenvalue weighted by Crippen LogP contribution is -2.27. The number of para-hydroxylation sites is 1. The highest BCUT2D eigenvalue weighted by atomic mass is 16.5. The molecule has 0 atom stereocenters. The molecule has 2 aromatic carbocycles. The number of rotatable bonds is 2. The van der Waals surface area contributed by atoms with E-state index in [2.05, 4.69) is 5.32 Å². The fourth-order valence-electron chi connectivity index (χ4n) is 2.00. The lowest BCUT2D eigenvalue weighted by atomic mass is 9.79. The van der Waals surface area contributed by atoms with E-state index in [9.17, 15) is 5.02 Å². The van der Waals surface area contributed by atoms with Gasteiger partial charge in [-0.05, 0) is 35.3 Å². The topological polar surface area (TPSA) is 65.3 Å². The van der Waals surface area contributed by atoms with Gasteiger partial charge in [0.25, 0.3) is 0 Å². The van der Waals surface area contributed by atoms with Crippen LogP contribution < -0.4 is 10.8 Å². The molecule has 3 rings (SSSR count). The first-order valence-corrected chi connectivity index (χ1v) is 7.30. The van der Waals surface area contributed by atoms with Crippen LogP contribution in [-0.4, -0.2) is 12.1 Å². The third-order valence-electron chi connectivity index (χ3n) is 2.87. The van der Waals surface area contributed by atoms with Gasteiger partial charge < -0.3 is 15.0 Å². The van der Waals surface area contributed by atoms with E-state index in [0.717, 1.165) is 22.4 Å². The Hall–Kier alpha value is -2.29. The van der Waals surface area contributed by atoms with Crippen molar-refractivity contribution in [3.8, 4) is 6.07 Å². The van der Waals surface area contributed by atoms with E-state index in [0.29, 0.717) is 6.61 Å². The number of benzene rings is 2. The van der Waals surface area contributed by atoms with E-state index in [-0.39, 0.29) is 0 Å². The van der Waals surface area contributed by atoms with Crippen LogP contribution >= 0.6 is 0 Å². The second-order valence-corrected chi connectivity index (χ2v) is 4.29. The van der Waals surface area contributed by atoms with Crippen LogP contribution in [0.3, 0.4) is 0 Å². The van der Waals surface area contributed by atoms with Crippen LogP contribution in [0.25, 0.3) is 0 Å². The number of nitrogens with zero attached hydrogens (tertiary/aromatic N) is 1. The number of hydrogen-bond donors (Lipinski definition) is 2. The minimum Gasteiger partial charge on any atom is -0.423 e. The minimum atomic E-state index is -0.768. The van der Waals surface area contributed by atoms with Gasteiger partial charge in [-0.3, -0.25) is 0 Å². The number of nitrogens with one attached hydrogen (secondary N) is 1. The molecule has 4 nitrogen and oxygen atoms in total. The van der Waals surface area contributed by atoms with Crippen LogP contribution in [0.5, 0.6) is 0 Å². The van der Waals surface area contributed by atoms with Crippen molar-refractivity contribution < 1.29 is 9.68 Å². The van der Waals surface area contributed by atoms with E-state index in [4.69, 9.17) is 9.92 Å². The second kappa shape index (κ2) is 9.61. The largest absolute Gasteiger partial charge is 0.491 e. The van der Waals surface area contributed by atoms with Crippen LogP contribution in [-0.2, 0) is 11.3 Å². The van der Waals surface area contributed by atoms with E-state index >= 15 is 0 Å². The predicted molar refractivity (Wildman–Crippen MR) is 91.2 cm³/mol. The van der Waals surface area contributed by atoms with E-state index in [1.807, 2.05) is 62.4 Å². The fourth-order valence-corrected chi connectivity index (χ4v) is 2.00. The van der Waals surface area contributed by atoms with Crippen LogP contribution in [0.1, 0.15) is 26.3 Å². The molecule has 1 heterocycles. The molecular formula is C17H21BN2O2. The van der Waals surface area contributed by atoms with Gasteiger partial charge in [0.1, 0.15) is 0 Å². The minimum absolute atomic E-state index is 0.473. The Morgan fingerprint density at radius 2 is 1.77 bits per heavy atom. The molecule has 0 unspecified atom stereocenters. The van der Waals surface area contributed by atoms with Gasteiger partial charge in [-0.15, -0.1) is 0 Å². The summed E-state index contributed by atoms with van der Waals surface area (Å²) in [5.41, 5.74) is 3.96. The van der Waals surface area contributed by atoms with Crippen LogP contribution in [0.15, 0.2) is 48.5 Å². The standard InChI is InChI=1S/C13H12BNO2.C2H3N.C2H6/c16-14-13-7-6-12(8-10(13)9-17-14)15-11-4-2-1-3-5-11;1-2-3;1-2/h1-8,15-16H,9H2;1H3;1-2H3. The van der Waals surface area contributed by atoms with Crippen molar-refractivity contribution in [2.45, 2.75) is 27.4 Å². The summed E-state index contributed by atoms with van der Waals surface area (Å²) in [6.45, 7) is 5.90. The zero-order valence-corrected chi connectivity index (χ0v) is 13.2. The first kappa shape index (κ1) is 17.8. The van der Waals surface area contributed by atoms with Gasteiger partial charge >= 0.3 is 7.12 Å². The number of anilines is 2. The molecule has 0 aliphatic carbocycles. The SMILES string of the molecule is CC.CC#N.OB1OCc2cc(Nc3ccccc3)ccc21. The molecule has 114 valence electrons. The Bertz CT molecular complexity index is 612. The maximum Gasteiger partial charge on any atom is 0.491 e. The molecule has 0 amide bonds. The Kier molecular flexibility index (Phi) is 7.76. The average molecular weight is 296 g/mol. The first-order chi connectivity index (χ1) is 10.7. The van der Waals surface area contributed by atoms with Crippen molar-refractivity contribution in [1.82, 2.24) is 0 Å². The number of fused-ring (bicyclic) bond motifs is 1. The highest BCUT2D eigenvalue weighted by Gasteiger charge is 2.26. The smallest absolute Gasteiger partial charge is 0.423 e. The normalized spacial score (nSPS) is 11.1. The summed E-state index contributed by atoms with van der Waals surface area (Å²) in [5, 5.41) is 20.2. The van der Waals surface area contributed by atoms with Crippen LogP contribution in [0.4, 0.5) is 11.4 Å². The van der Waals surface area contributed by atoms with Crippen molar-refractivity contribution in [1.29, 1.82) is 5.26 Å². The number of hydrogen-bond acceptors (Lipinski definition) is 4. The third kappa shape index (κ3) is 4.92. The average Bonchev–Trinajstić information content (AvgIpc) is 2.92. The van der Waals surface area contributed by atoms with E-state index in [1.165, 1.54) is 6.92 Å². The highest BCUT2D eigenvalue weighted by Crippen LogP contribution is 2.19. The lowest BCUT2D eigenvalue weighted by molar-refractivity contribution is 0.275. The van der Waals surface area contributed by atoms with Crippen LogP contribution in [0, 0.1) is 11.3 Å². The van der Waals surface area contributed by atoms with Crippen molar-refractivity contribution in [2.24, 2.45) is 0 Å². The van der Waals surface area contributed by atoms with Gasteiger partial charge in [-0.2, -0.15) is 5.26 Å². The maximum absolute atomic E-state index is 9.52. The summed E-state index contributed by atoms with van der Waals surface area (Å²) in [6, 6.07) is 17.6. The molecule has 0 saturated heterocycles. The first-order valence-electron chi connectivity index (χ1n) is 7.30. The lowest BCUT2D eigenvalue weighted by Gasteiger charge is -2.07. The Labute approximate surface area is 132 Å². The molecule has 0 saturated carbocycles. The molecule has 1 aliphatic heterocycles. The van der Waals surface area contributed by atoms with Gasteiger partial charge in [-0.25, -0.2) is 0 Å². The number of nitriles is 1. The Morgan fingerprint density at radius 1 is 1.14 bits per heavy atom. The highest BCUT2D eigenvalue weighted by molar-refractivity contribution is 6.61. The van der Waals surface area contributed by atoms with E-state index in [1.54, 1.807) is 6.07 Å². The summed E-state index contributed by atoms with van der Waals surface area (Å²) in [6.07, 6.45) is 0. The van der Waals surface area contributed by atoms with Crippen molar-refractivity contribution >= 4 is 24.0 Å². The summed E-state index contributed by atoms with van der Waals surface area (Å²) in [4.78, 5) is 0. The summed E-state index contributed by atoms with van der Waals surface area (Å²) in [5.74, 6) is 0. The molecule has 1 aliphatic rings. The summed E-state index contributed by atoms with van der Waals surface area (Å²) >= 11 is 0. The van der Waals surface area contributed by atoms with Gasteiger partial charge in [-0.1, -0.05) is 38.1 Å². The van der Waals surface area contributed by atoms with Crippen molar-refractivity contribution in [2.75, 3.05) is 5.32 Å². The molecule has 0 aromatic heterocycles. The summed E-state index contributed by atoms with van der Waals surface area (Å²) in [7, 11) is -0.768. The molecular weight excluding hydrogens is 275 g/mol. The maximum atomic E-state index is 9.52.